The summed E-state index contributed by atoms with van der Waals surface area (Å²) >= 11 is 11.8. The largest absolute Gasteiger partial charge is 0.493 e. The van der Waals surface area contributed by atoms with Crippen molar-refractivity contribution in [3.63, 3.8) is 0 Å². The van der Waals surface area contributed by atoms with E-state index in [1.54, 1.807) is 12.1 Å². The number of methoxy groups -OCH3 is 1. The summed E-state index contributed by atoms with van der Waals surface area (Å²) in [6.07, 6.45) is -3.34. The number of fused-ring (bicyclic) bond motifs is 3. The Morgan fingerprint density at radius 3 is 2.53 bits per heavy atom. The molecular weight excluding hydrogens is 527 g/mol. The molecule has 2 aliphatic rings. The van der Waals surface area contributed by atoms with E-state index in [0.717, 1.165) is 4.90 Å². The maximum atomic E-state index is 14.6. The van der Waals surface area contributed by atoms with Gasteiger partial charge in [-0.15, -0.1) is 0 Å². The van der Waals surface area contributed by atoms with Gasteiger partial charge in [-0.3, -0.25) is 4.79 Å². The molecule has 2 fully saturated rings. The lowest BCUT2D eigenvalue weighted by Gasteiger charge is -2.52. The number of likely N-dealkylation sites (tertiary alicyclic amines) is 1. The van der Waals surface area contributed by atoms with Crippen molar-refractivity contribution in [2.45, 2.75) is 18.7 Å². The lowest BCUT2D eigenvalue weighted by atomic mass is 9.68. The fourth-order valence-corrected chi connectivity index (χ4v) is 5.00. The molecule has 190 valence electrons. The summed E-state index contributed by atoms with van der Waals surface area (Å²) in [5.74, 6) is -2.12. The van der Waals surface area contributed by atoms with Gasteiger partial charge in [0.15, 0.2) is 17.3 Å². The summed E-state index contributed by atoms with van der Waals surface area (Å²) in [7, 11) is 1.45. The van der Waals surface area contributed by atoms with Crippen molar-refractivity contribution < 1.29 is 31.8 Å². The number of halogens is 6. The van der Waals surface area contributed by atoms with Crippen molar-refractivity contribution in [3.8, 4) is 11.5 Å². The number of aromatic nitrogens is 2. The van der Waals surface area contributed by atoms with E-state index in [1.165, 1.54) is 25.6 Å². The molecule has 1 aliphatic heterocycles. The SMILES string of the molecule is COc1cc2ncnc(Nc3ccc(Cl)c(Cl)c3F)c2cc1O[C@H]1[C@@H]2C[C@H]1CN(C(=O)C(F)(F)F)C2. The third-order valence-corrected chi connectivity index (χ3v) is 7.23. The van der Waals surface area contributed by atoms with Crippen molar-refractivity contribution in [2.24, 2.45) is 11.8 Å². The number of piperidine rings is 2. The summed E-state index contributed by atoms with van der Waals surface area (Å²) in [5, 5.41) is 3.20. The fourth-order valence-electron chi connectivity index (χ4n) is 4.69. The summed E-state index contributed by atoms with van der Waals surface area (Å²) < 4.78 is 64.7. The van der Waals surface area contributed by atoms with Gasteiger partial charge in [0.25, 0.3) is 0 Å². The molecule has 1 aromatic heterocycles. The Kier molecular flexibility index (Phi) is 6.24. The number of hydrogen-bond acceptors (Lipinski definition) is 6. The molecule has 36 heavy (non-hydrogen) atoms. The van der Waals surface area contributed by atoms with Crippen LogP contribution in [0.3, 0.4) is 0 Å². The maximum absolute atomic E-state index is 14.6. The second kappa shape index (κ2) is 9.11. The first-order valence-electron chi connectivity index (χ1n) is 10.8. The molecule has 2 heterocycles. The van der Waals surface area contributed by atoms with Crippen molar-refractivity contribution in [2.75, 3.05) is 25.5 Å². The highest BCUT2D eigenvalue weighted by molar-refractivity contribution is 6.42. The maximum Gasteiger partial charge on any atom is 0.471 e. The number of benzene rings is 2. The first-order valence-corrected chi connectivity index (χ1v) is 11.6. The number of anilines is 2. The summed E-state index contributed by atoms with van der Waals surface area (Å²) in [4.78, 5) is 20.9. The van der Waals surface area contributed by atoms with Crippen LogP contribution in [0.5, 0.6) is 11.5 Å². The number of hydrogen-bond donors (Lipinski definition) is 1. The van der Waals surface area contributed by atoms with Gasteiger partial charge < -0.3 is 19.7 Å². The van der Waals surface area contributed by atoms with Crippen LogP contribution in [0.15, 0.2) is 30.6 Å². The third kappa shape index (κ3) is 4.34. The van der Waals surface area contributed by atoms with Gasteiger partial charge in [-0.1, -0.05) is 23.2 Å². The van der Waals surface area contributed by atoms with E-state index in [-0.39, 0.29) is 52.6 Å². The van der Waals surface area contributed by atoms with Gasteiger partial charge >= 0.3 is 12.1 Å². The Hall–Kier alpha value is -3.05. The second-order valence-electron chi connectivity index (χ2n) is 8.64. The number of nitrogens with zero attached hydrogens (tertiary/aromatic N) is 3. The highest BCUT2D eigenvalue weighted by atomic mass is 35.5. The standard InChI is InChI=1S/C23H18Cl2F4N4O3/c1-35-16-6-15-12(21(31-9-30-15)32-14-3-2-13(24)18(25)19(14)26)5-17(16)36-20-10-4-11(20)8-33(7-10)22(34)23(27,28)29/h2-3,5-6,9-11,20H,4,7-8H2,1H3,(H,30,31,32)/t10-,11+,20+. The normalized spacial score (nSPS) is 21.2. The topological polar surface area (TPSA) is 76.6 Å². The van der Waals surface area contributed by atoms with Crippen LogP contribution in [0.25, 0.3) is 10.9 Å². The van der Waals surface area contributed by atoms with Gasteiger partial charge in [0, 0.05) is 36.4 Å². The van der Waals surface area contributed by atoms with E-state index < -0.39 is 17.9 Å². The van der Waals surface area contributed by atoms with Gasteiger partial charge in [0.1, 0.15) is 18.2 Å². The zero-order valence-electron chi connectivity index (χ0n) is 18.6. The van der Waals surface area contributed by atoms with Crippen LogP contribution in [-0.4, -0.2) is 53.3 Å². The first kappa shape index (κ1) is 24.6. The molecule has 1 saturated heterocycles. The Morgan fingerprint density at radius 1 is 1.14 bits per heavy atom. The van der Waals surface area contributed by atoms with Crippen molar-refractivity contribution in [1.82, 2.24) is 14.9 Å². The molecule has 3 atom stereocenters. The Morgan fingerprint density at radius 2 is 1.86 bits per heavy atom. The minimum Gasteiger partial charge on any atom is -0.493 e. The van der Waals surface area contributed by atoms with Crippen LogP contribution in [0.2, 0.25) is 10.0 Å². The van der Waals surface area contributed by atoms with Crippen LogP contribution in [0.4, 0.5) is 29.1 Å². The predicted octanol–water partition coefficient (Wildman–Crippen LogP) is 5.62. The zero-order valence-corrected chi connectivity index (χ0v) is 20.1. The third-order valence-electron chi connectivity index (χ3n) is 6.45. The first-order chi connectivity index (χ1) is 17.1. The number of rotatable bonds is 5. The number of carbonyl (C=O) groups is 1. The second-order valence-corrected chi connectivity index (χ2v) is 9.42. The highest BCUT2D eigenvalue weighted by Crippen LogP contribution is 2.46. The number of amides is 1. The van der Waals surface area contributed by atoms with E-state index in [4.69, 9.17) is 32.7 Å². The molecule has 0 unspecified atom stereocenters. The predicted molar refractivity (Wildman–Crippen MR) is 124 cm³/mol. The molecule has 1 aliphatic carbocycles. The summed E-state index contributed by atoms with van der Waals surface area (Å²) in [5.41, 5.74) is 0.526. The molecular formula is C23H18Cl2F4N4O3. The molecule has 7 nitrogen and oxygen atoms in total. The van der Waals surface area contributed by atoms with Gasteiger partial charge in [0.05, 0.1) is 28.4 Å². The molecule has 0 radical (unpaired) electrons. The van der Waals surface area contributed by atoms with Crippen molar-refractivity contribution >= 4 is 51.5 Å². The van der Waals surface area contributed by atoms with E-state index in [1.807, 2.05) is 0 Å². The van der Waals surface area contributed by atoms with Gasteiger partial charge in [0.2, 0.25) is 0 Å². The minimum atomic E-state index is -4.90. The molecule has 1 N–H and O–H groups in total. The van der Waals surface area contributed by atoms with Gasteiger partial charge in [-0.25, -0.2) is 14.4 Å². The van der Waals surface area contributed by atoms with Crippen LogP contribution in [0.1, 0.15) is 6.42 Å². The van der Waals surface area contributed by atoms with Crippen LogP contribution in [0, 0.1) is 17.7 Å². The average Bonchev–Trinajstić information content (AvgIpc) is 2.86. The van der Waals surface area contributed by atoms with E-state index >= 15 is 0 Å². The molecule has 1 saturated carbocycles. The Bertz CT molecular complexity index is 1350. The van der Waals surface area contributed by atoms with Crippen LogP contribution >= 0.6 is 23.2 Å². The molecule has 1 amide bonds. The van der Waals surface area contributed by atoms with E-state index in [2.05, 4.69) is 15.3 Å². The number of carbonyl (C=O) groups excluding carboxylic acids is 1. The summed E-state index contributed by atoms with van der Waals surface area (Å²) in [6, 6.07) is 6.11. The molecule has 0 spiro atoms. The molecule has 5 rings (SSSR count). The molecule has 3 aromatic rings. The van der Waals surface area contributed by atoms with E-state index in [0.29, 0.717) is 28.8 Å². The molecule has 2 bridgehead atoms. The van der Waals surface area contributed by atoms with Gasteiger partial charge in [-0.2, -0.15) is 13.2 Å². The quantitative estimate of drug-likeness (QED) is 0.332. The van der Waals surface area contributed by atoms with Gasteiger partial charge in [-0.05, 0) is 24.6 Å². The summed E-state index contributed by atoms with van der Waals surface area (Å²) in [6.45, 7) is -0.0795. The smallest absolute Gasteiger partial charge is 0.471 e. The zero-order chi connectivity index (χ0) is 25.8. The number of ether oxygens (including phenoxy) is 2. The van der Waals surface area contributed by atoms with Crippen molar-refractivity contribution in [3.05, 3.63) is 46.5 Å². The van der Waals surface area contributed by atoms with Crippen LogP contribution in [-0.2, 0) is 4.79 Å². The highest BCUT2D eigenvalue weighted by Gasteiger charge is 2.53. The van der Waals surface area contributed by atoms with E-state index in [9.17, 15) is 22.4 Å². The number of nitrogens with one attached hydrogen (secondary N) is 1. The fraction of sp³-hybridized carbons (Fsp3) is 0.348. The molecule has 2 aromatic carbocycles. The monoisotopic (exact) mass is 544 g/mol. The average molecular weight is 545 g/mol. The van der Waals surface area contributed by atoms with Crippen molar-refractivity contribution in [1.29, 1.82) is 0 Å². The lowest BCUT2D eigenvalue weighted by Crippen LogP contribution is -2.63. The number of alkyl halides is 3. The van der Waals surface area contributed by atoms with Crippen LogP contribution < -0.4 is 14.8 Å². The minimum absolute atomic E-state index is 0.0398. The Balaban J connectivity index is 1.42. The Labute approximate surface area is 212 Å². The lowest BCUT2D eigenvalue weighted by molar-refractivity contribution is -0.196. The molecule has 13 heteroatoms.